The van der Waals surface area contributed by atoms with Crippen LogP contribution in [0, 0.1) is 11.3 Å². The number of nitriles is 1. The van der Waals surface area contributed by atoms with Gasteiger partial charge in [0, 0.05) is 0 Å². The number of hydrogen-bond donors (Lipinski definition) is 3. The van der Waals surface area contributed by atoms with Gasteiger partial charge in [-0.05, 0) is 0 Å². The molecule has 2 fully saturated rings. The first kappa shape index (κ1) is 19.2. The minimum Gasteiger partial charge on any atom is -0.394 e. The molecule has 4 rings (SSSR count). The molecule has 6 atom stereocenters. The van der Waals surface area contributed by atoms with Crippen LogP contribution >= 0.6 is 11.6 Å². The molecule has 0 spiro atoms. The largest absolute Gasteiger partial charge is 0.394 e. The zero-order valence-corrected chi connectivity index (χ0v) is 15.0. The minimum absolute atomic E-state index is 0.0677. The van der Waals surface area contributed by atoms with Crippen molar-refractivity contribution in [2.24, 2.45) is 0 Å². The first-order valence-electron chi connectivity index (χ1n) is 8.49. The molecule has 2 aliphatic heterocycles. The van der Waals surface area contributed by atoms with Crippen LogP contribution in [-0.2, 0) is 4.74 Å². The molecule has 2 aromatic heterocycles. The number of fused-ring (bicyclic) bond motifs is 1. The molecule has 0 aliphatic carbocycles. The number of nitrogens with zero attached hydrogens (tertiary/aromatic N) is 5. The molecule has 0 saturated carbocycles. The van der Waals surface area contributed by atoms with Gasteiger partial charge in [-0.3, -0.25) is 4.57 Å². The first-order valence-corrected chi connectivity index (χ1v) is 8.86. The molecule has 2 saturated heterocycles. The Morgan fingerprint density at radius 1 is 1.29 bits per heavy atom. The van der Waals surface area contributed by atoms with Crippen LogP contribution in [0.3, 0.4) is 0 Å². The van der Waals surface area contributed by atoms with E-state index < -0.39 is 43.5 Å². The highest BCUT2D eigenvalue weighted by Gasteiger charge is 2.44. The summed E-state index contributed by atoms with van der Waals surface area (Å²) in [6.07, 6.45) is -7.01. The van der Waals surface area contributed by atoms with Crippen molar-refractivity contribution in [3.63, 3.8) is 0 Å². The molecule has 0 radical (unpaired) electrons. The number of rotatable bonds is 3. The highest BCUT2D eigenvalue weighted by atomic mass is 35.5. The number of halogens is 3. The predicted octanol–water partition coefficient (Wildman–Crippen LogP) is 0.0641. The van der Waals surface area contributed by atoms with Gasteiger partial charge in [-0.2, -0.15) is 5.26 Å². The van der Waals surface area contributed by atoms with Gasteiger partial charge in [-0.15, -0.1) is 0 Å². The van der Waals surface area contributed by atoms with Crippen LogP contribution in [0.15, 0.2) is 6.33 Å². The van der Waals surface area contributed by atoms with E-state index in [0.29, 0.717) is 0 Å². The smallest absolute Gasteiger partial charge is 0.166 e. The Balaban J connectivity index is 1.84. The average molecular weight is 416 g/mol. The number of alkyl halides is 2. The molecule has 2 aromatic rings. The third kappa shape index (κ3) is 2.80. The van der Waals surface area contributed by atoms with E-state index in [1.54, 1.807) is 0 Å². The number of ether oxygens (including phenoxy) is 1. The molecular weight excluding hydrogens is 400 g/mol. The third-order valence-corrected chi connectivity index (χ3v) is 5.31. The Hall–Kier alpha value is -2.10. The van der Waals surface area contributed by atoms with E-state index in [-0.39, 0.29) is 40.7 Å². The van der Waals surface area contributed by atoms with Crippen molar-refractivity contribution in [1.29, 1.82) is 5.26 Å². The predicted molar refractivity (Wildman–Crippen MR) is 92.3 cm³/mol. The lowest BCUT2D eigenvalue weighted by atomic mass is 10.1. The summed E-state index contributed by atoms with van der Waals surface area (Å²) in [6.45, 7) is -1.05. The quantitative estimate of drug-likeness (QED) is 0.601. The second kappa shape index (κ2) is 7.06. The van der Waals surface area contributed by atoms with Crippen molar-refractivity contribution in [2.45, 2.75) is 36.9 Å². The molecule has 28 heavy (non-hydrogen) atoms. The number of aliphatic hydroxyl groups excluding tert-OH is 3. The fourth-order valence-electron chi connectivity index (χ4n) is 3.61. The average Bonchev–Trinajstić information content (AvgIpc) is 3.31. The van der Waals surface area contributed by atoms with Gasteiger partial charge in [0.05, 0.1) is 31.7 Å². The molecule has 0 aromatic carbocycles. The highest BCUT2D eigenvalue weighted by Crippen LogP contribution is 2.38. The number of aliphatic hydroxyl groups is 3. The van der Waals surface area contributed by atoms with Crippen molar-refractivity contribution in [3.05, 3.63) is 17.0 Å². The van der Waals surface area contributed by atoms with Gasteiger partial charge < -0.3 is 25.0 Å². The fourth-order valence-corrected chi connectivity index (χ4v) is 3.82. The van der Waals surface area contributed by atoms with Gasteiger partial charge in [0.15, 0.2) is 29.4 Å². The van der Waals surface area contributed by atoms with Crippen LogP contribution in [0.25, 0.3) is 11.2 Å². The molecule has 3 N–H and O–H groups in total. The molecule has 4 heterocycles. The second-order valence-corrected chi connectivity index (χ2v) is 7.09. The van der Waals surface area contributed by atoms with Gasteiger partial charge in [0.25, 0.3) is 0 Å². The van der Waals surface area contributed by atoms with Crippen LogP contribution in [0.4, 0.5) is 14.5 Å². The van der Waals surface area contributed by atoms with Crippen molar-refractivity contribution in [3.8, 4) is 6.07 Å². The maximum Gasteiger partial charge on any atom is 0.166 e. The van der Waals surface area contributed by atoms with E-state index in [4.69, 9.17) is 16.3 Å². The third-order valence-electron chi connectivity index (χ3n) is 5.04. The maximum atomic E-state index is 13.7. The molecule has 0 amide bonds. The van der Waals surface area contributed by atoms with Crippen LogP contribution in [0.1, 0.15) is 11.8 Å². The Kier molecular flexibility index (Phi) is 4.84. The van der Waals surface area contributed by atoms with Gasteiger partial charge in [0.1, 0.15) is 35.5 Å². The van der Waals surface area contributed by atoms with Crippen LogP contribution in [0.5, 0.6) is 0 Å². The topological polar surface area (TPSA) is 128 Å². The molecule has 2 aliphatic rings. The van der Waals surface area contributed by atoms with Crippen molar-refractivity contribution >= 4 is 28.5 Å². The van der Waals surface area contributed by atoms with E-state index in [1.807, 2.05) is 6.07 Å². The van der Waals surface area contributed by atoms with Crippen molar-refractivity contribution in [1.82, 2.24) is 14.5 Å². The van der Waals surface area contributed by atoms with Gasteiger partial charge >= 0.3 is 0 Å². The highest BCUT2D eigenvalue weighted by molar-refractivity contribution is 6.31. The monoisotopic (exact) mass is 415 g/mol. The van der Waals surface area contributed by atoms with Gasteiger partial charge in [0.2, 0.25) is 0 Å². The summed E-state index contributed by atoms with van der Waals surface area (Å²) in [5, 5.41) is 38.8. The minimum atomic E-state index is -1.71. The lowest BCUT2D eigenvalue weighted by molar-refractivity contribution is -0.0511. The zero-order valence-electron chi connectivity index (χ0n) is 14.3. The normalized spacial score (nSPS) is 33.0. The number of aromatic nitrogens is 3. The van der Waals surface area contributed by atoms with E-state index >= 15 is 0 Å². The zero-order chi connectivity index (χ0) is 20.2. The summed E-state index contributed by atoms with van der Waals surface area (Å²) in [4.78, 5) is 9.66. The summed E-state index contributed by atoms with van der Waals surface area (Å²) in [5.41, 5.74) is 0.333. The van der Waals surface area contributed by atoms with Crippen LogP contribution in [-0.4, -0.2) is 80.2 Å². The van der Waals surface area contributed by atoms with Crippen molar-refractivity contribution < 1.29 is 28.8 Å². The van der Waals surface area contributed by atoms with Gasteiger partial charge in [-0.1, -0.05) is 11.6 Å². The number of hydrogen-bond acceptors (Lipinski definition) is 8. The summed E-state index contributed by atoms with van der Waals surface area (Å²) in [7, 11) is 0. The summed E-state index contributed by atoms with van der Waals surface area (Å²) in [5.74, 6) is 0. The van der Waals surface area contributed by atoms with E-state index in [0.717, 1.165) is 0 Å². The molecule has 150 valence electrons. The summed E-state index contributed by atoms with van der Waals surface area (Å²) < 4.78 is 34.2. The fraction of sp³-hybridized carbons (Fsp3) is 0.562. The summed E-state index contributed by atoms with van der Waals surface area (Å²) in [6, 6.07) is 1.89. The first-order chi connectivity index (χ1) is 13.4. The maximum absolute atomic E-state index is 13.7. The van der Waals surface area contributed by atoms with Gasteiger partial charge in [-0.25, -0.2) is 18.7 Å². The molecular formula is C16H16ClF2N5O4. The van der Waals surface area contributed by atoms with E-state index in [2.05, 4.69) is 9.97 Å². The van der Waals surface area contributed by atoms with Crippen LogP contribution in [0.2, 0.25) is 5.15 Å². The second-order valence-electron chi connectivity index (χ2n) is 6.73. The lowest BCUT2D eigenvalue weighted by Gasteiger charge is -2.21. The number of imidazole rings is 1. The van der Waals surface area contributed by atoms with E-state index in [9.17, 15) is 29.4 Å². The standard InChI is InChI=1S/C16H16ClF2N5O4/c17-14-6(1-20)11(23-2-7(18)8(19)3-23)10-15(22-14)24(5-21-10)16-13(27)12(26)9(4-25)28-16/h5,7-9,12-13,16,25-27H,2-4H2/t7-,8+,9-,12-,13-,16-/m1/s1. The Morgan fingerprint density at radius 3 is 2.54 bits per heavy atom. The Bertz CT molecular complexity index is 943. The van der Waals surface area contributed by atoms with Crippen LogP contribution < -0.4 is 4.90 Å². The van der Waals surface area contributed by atoms with Crippen molar-refractivity contribution in [2.75, 3.05) is 24.6 Å². The molecule has 9 nitrogen and oxygen atoms in total. The Morgan fingerprint density at radius 2 is 1.96 bits per heavy atom. The lowest BCUT2D eigenvalue weighted by Crippen LogP contribution is -2.33. The molecule has 0 bridgehead atoms. The SMILES string of the molecule is N#Cc1c(Cl)nc2c(ncn2[C@@H]2O[C@H](CO)[C@@H](O)[C@H]2O)c1N1C[C@@H](F)[C@@H](F)C1. The number of anilines is 1. The summed E-state index contributed by atoms with van der Waals surface area (Å²) >= 11 is 6.13. The molecule has 12 heteroatoms. The van der Waals surface area contributed by atoms with E-state index in [1.165, 1.54) is 15.8 Å². The molecule has 0 unspecified atom stereocenters. The number of pyridine rings is 1. The Labute approximate surface area is 162 Å².